The highest BCUT2D eigenvalue weighted by Crippen LogP contribution is 2.09. The molecule has 3 aromatic carbocycles. The van der Waals surface area contributed by atoms with Gasteiger partial charge in [0.15, 0.2) is 0 Å². The molecule has 0 radical (unpaired) electrons. The molecule has 0 atom stereocenters. The molecule has 0 N–H and O–H groups in total. The van der Waals surface area contributed by atoms with E-state index >= 15 is 0 Å². The molecular formula is C24H22O4. The average molecular weight is 374 g/mol. The number of hydrogen-bond donors (Lipinski definition) is 0. The van der Waals surface area contributed by atoms with E-state index in [2.05, 4.69) is 0 Å². The Kier molecular flexibility index (Phi) is 6.96. The summed E-state index contributed by atoms with van der Waals surface area (Å²) in [7, 11) is 0. The molecular weight excluding hydrogens is 352 g/mol. The lowest BCUT2D eigenvalue weighted by Gasteiger charge is -2.07. The van der Waals surface area contributed by atoms with Gasteiger partial charge >= 0.3 is 11.9 Å². The highest BCUT2D eigenvalue weighted by molar-refractivity contribution is 5.93. The molecule has 0 bridgehead atoms. The number of esters is 2. The van der Waals surface area contributed by atoms with E-state index in [4.69, 9.17) is 9.47 Å². The fourth-order valence-electron chi connectivity index (χ4n) is 2.72. The summed E-state index contributed by atoms with van der Waals surface area (Å²) in [5.41, 5.74) is 3.05. The maximum atomic E-state index is 12.1. The minimum atomic E-state index is -0.403. The van der Waals surface area contributed by atoms with Gasteiger partial charge in [-0.3, -0.25) is 0 Å². The number of hydrogen-bond acceptors (Lipinski definition) is 4. The summed E-state index contributed by atoms with van der Waals surface area (Å²) in [6.45, 7) is 0.623. The molecule has 0 unspecified atom stereocenters. The van der Waals surface area contributed by atoms with Crippen molar-refractivity contribution in [3.63, 3.8) is 0 Å². The van der Waals surface area contributed by atoms with Crippen molar-refractivity contribution < 1.29 is 19.1 Å². The van der Waals surface area contributed by atoms with Gasteiger partial charge in [0.05, 0.1) is 24.3 Å². The Bertz CT molecular complexity index is 810. The van der Waals surface area contributed by atoms with Crippen molar-refractivity contribution in [1.82, 2.24) is 0 Å². The van der Waals surface area contributed by atoms with E-state index in [1.807, 2.05) is 60.7 Å². The molecule has 3 aromatic rings. The van der Waals surface area contributed by atoms with E-state index in [1.54, 1.807) is 24.3 Å². The lowest BCUT2D eigenvalue weighted by atomic mass is 10.1. The molecule has 0 aliphatic heterocycles. The number of carbonyl (C=O) groups is 2. The highest BCUT2D eigenvalue weighted by Gasteiger charge is 2.11. The van der Waals surface area contributed by atoms with E-state index in [9.17, 15) is 9.59 Å². The second kappa shape index (κ2) is 10.1. The monoisotopic (exact) mass is 374 g/mol. The third-order valence-electron chi connectivity index (χ3n) is 4.29. The smallest absolute Gasteiger partial charge is 0.338 e. The second-order valence-corrected chi connectivity index (χ2v) is 6.32. The van der Waals surface area contributed by atoms with Crippen LogP contribution in [0.4, 0.5) is 0 Å². The van der Waals surface area contributed by atoms with Crippen molar-refractivity contribution in [2.24, 2.45) is 0 Å². The third-order valence-corrected chi connectivity index (χ3v) is 4.29. The minimum Gasteiger partial charge on any atom is -0.462 e. The van der Waals surface area contributed by atoms with Crippen LogP contribution in [0.3, 0.4) is 0 Å². The van der Waals surface area contributed by atoms with Crippen molar-refractivity contribution in [2.45, 2.75) is 12.8 Å². The molecule has 0 aromatic heterocycles. The zero-order valence-corrected chi connectivity index (χ0v) is 15.5. The van der Waals surface area contributed by atoms with Crippen LogP contribution in [0.2, 0.25) is 0 Å². The lowest BCUT2D eigenvalue weighted by molar-refractivity contribution is 0.0494. The molecule has 0 spiro atoms. The van der Waals surface area contributed by atoms with Crippen LogP contribution in [0.5, 0.6) is 0 Å². The Morgan fingerprint density at radius 1 is 0.536 bits per heavy atom. The summed E-state index contributed by atoms with van der Waals surface area (Å²) >= 11 is 0. The largest absolute Gasteiger partial charge is 0.462 e. The van der Waals surface area contributed by atoms with E-state index in [1.165, 1.54) is 0 Å². The van der Waals surface area contributed by atoms with Gasteiger partial charge in [0.25, 0.3) is 0 Å². The Morgan fingerprint density at radius 2 is 0.893 bits per heavy atom. The molecule has 0 saturated carbocycles. The van der Waals surface area contributed by atoms with Crippen molar-refractivity contribution in [2.75, 3.05) is 13.2 Å². The topological polar surface area (TPSA) is 52.6 Å². The van der Waals surface area contributed by atoms with Crippen molar-refractivity contribution in [1.29, 1.82) is 0 Å². The van der Waals surface area contributed by atoms with Crippen LogP contribution in [0.25, 0.3) is 0 Å². The predicted molar refractivity (Wildman–Crippen MR) is 107 cm³/mol. The van der Waals surface area contributed by atoms with E-state index in [0.717, 1.165) is 11.1 Å². The van der Waals surface area contributed by atoms with Crippen LogP contribution in [0, 0.1) is 0 Å². The van der Waals surface area contributed by atoms with Gasteiger partial charge in [-0.25, -0.2) is 9.59 Å². The third kappa shape index (κ3) is 5.81. The zero-order valence-electron chi connectivity index (χ0n) is 15.5. The molecule has 0 saturated heterocycles. The van der Waals surface area contributed by atoms with Gasteiger partial charge in [0.2, 0.25) is 0 Å². The normalized spacial score (nSPS) is 10.3. The number of benzene rings is 3. The summed E-state index contributed by atoms with van der Waals surface area (Å²) < 4.78 is 10.6. The first-order valence-corrected chi connectivity index (χ1v) is 9.24. The first-order chi connectivity index (χ1) is 13.7. The van der Waals surface area contributed by atoms with Crippen LogP contribution in [0.15, 0.2) is 84.9 Å². The molecule has 4 nitrogen and oxygen atoms in total. The van der Waals surface area contributed by atoms with Crippen LogP contribution < -0.4 is 0 Å². The van der Waals surface area contributed by atoms with Crippen LogP contribution in [-0.4, -0.2) is 25.2 Å². The number of rotatable bonds is 8. The lowest BCUT2D eigenvalue weighted by Crippen LogP contribution is -2.10. The average Bonchev–Trinajstić information content (AvgIpc) is 2.75. The van der Waals surface area contributed by atoms with Crippen LogP contribution in [-0.2, 0) is 22.3 Å². The number of carbonyl (C=O) groups excluding carboxylic acids is 2. The maximum absolute atomic E-state index is 12.1. The molecule has 0 aliphatic carbocycles. The highest BCUT2D eigenvalue weighted by atomic mass is 16.5. The molecule has 142 valence electrons. The summed E-state index contributed by atoms with van der Waals surface area (Å²) in [5, 5.41) is 0. The van der Waals surface area contributed by atoms with Crippen molar-refractivity contribution in [3.8, 4) is 0 Å². The standard InChI is InChI=1S/C24H22O4/c25-23(27-17-15-19-7-3-1-4-8-19)21-11-13-22(14-12-21)24(26)28-18-16-20-9-5-2-6-10-20/h1-14H,15-18H2. The Balaban J connectivity index is 1.44. The first kappa shape index (κ1) is 19.4. The molecule has 0 heterocycles. The summed E-state index contributed by atoms with van der Waals surface area (Å²) in [6, 6.07) is 26.0. The zero-order chi connectivity index (χ0) is 19.6. The molecule has 0 amide bonds. The summed E-state index contributed by atoms with van der Waals surface area (Å²) in [5.74, 6) is -0.806. The first-order valence-electron chi connectivity index (χ1n) is 9.24. The van der Waals surface area contributed by atoms with E-state index < -0.39 is 11.9 Å². The summed E-state index contributed by atoms with van der Waals surface area (Å²) in [4.78, 5) is 24.2. The SMILES string of the molecule is O=C(OCCc1ccccc1)c1ccc(C(=O)OCCc2ccccc2)cc1. The Morgan fingerprint density at radius 3 is 1.25 bits per heavy atom. The van der Waals surface area contributed by atoms with Crippen LogP contribution >= 0.6 is 0 Å². The van der Waals surface area contributed by atoms with E-state index in [-0.39, 0.29) is 0 Å². The maximum Gasteiger partial charge on any atom is 0.338 e. The number of ether oxygens (including phenoxy) is 2. The second-order valence-electron chi connectivity index (χ2n) is 6.32. The quantitative estimate of drug-likeness (QED) is 0.545. The molecule has 3 rings (SSSR count). The van der Waals surface area contributed by atoms with Crippen molar-refractivity contribution in [3.05, 3.63) is 107 Å². The van der Waals surface area contributed by atoms with Gasteiger partial charge in [-0.05, 0) is 35.4 Å². The molecule has 4 heteroatoms. The van der Waals surface area contributed by atoms with Gasteiger partial charge in [-0.15, -0.1) is 0 Å². The minimum absolute atomic E-state index is 0.312. The predicted octanol–water partition coefficient (Wildman–Crippen LogP) is 4.49. The van der Waals surface area contributed by atoms with Gasteiger partial charge in [-0.1, -0.05) is 60.7 Å². The van der Waals surface area contributed by atoms with Crippen molar-refractivity contribution >= 4 is 11.9 Å². The Labute approximate surface area is 164 Å². The van der Waals surface area contributed by atoms with Gasteiger partial charge < -0.3 is 9.47 Å². The summed E-state index contributed by atoms with van der Waals surface area (Å²) in [6.07, 6.45) is 1.33. The van der Waals surface area contributed by atoms with E-state index in [0.29, 0.717) is 37.2 Å². The van der Waals surface area contributed by atoms with Gasteiger partial charge in [-0.2, -0.15) is 0 Å². The van der Waals surface area contributed by atoms with Gasteiger partial charge in [0, 0.05) is 12.8 Å². The fourth-order valence-corrected chi connectivity index (χ4v) is 2.72. The fraction of sp³-hybridized carbons (Fsp3) is 0.167. The molecule has 28 heavy (non-hydrogen) atoms. The van der Waals surface area contributed by atoms with Crippen LogP contribution in [0.1, 0.15) is 31.8 Å². The molecule has 0 aliphatic rings. The van der Waals surface area contributed by atoms with Gasteiger partial charge in [0.1, 0.15) is 0 Å². The molecule has 0 fully saturated rings. The Hall–Kier alpha value is -3.40.